The van der Waals surface area contributed by atoms with E-state index in [9.17, 15) is 13.2 Å². The minimum absolute atomic E-state index is 0.00434. The Balaban J connectivity index is 1.66. The topological polar surface area (TPSA) is 145 Å². The number of amides is 1. The molecule has 0 unspecified atom stereocenters. The second-order valence-electron chi connectivity index (χ2n) is 8.66. The first-order valence-electron chi connectivity index (χ1n) is 11.6. The van der Waals surface area contributed by atoms with E-state index in [0.29, 0.717) is 33.8 Å². The third-order valence-electron chi connectivity index (χ3n) is 6.04. The van der Waals surface area contributed by atoms with Gasteiger partial charge in [0.25, 0.3) is 5.91 Å². The average Bonchev–Trinajstić information content (AvgIpc) is 3.51. The second kappa shape index (κ2) is 10.1. The van der Waals surface area contributed by atoms with Gasteiger partial charge < -0.3 is 9.84 Å². The maximum Gasteiger partial charge on any atom is 0.254 e. The van der Waals surface area contributed by atoms with Crippen molar-refractivity contribution in [1.29, 1.82) is 0 Å². The number of carbonyl (C=O) groups is 1. The van der Waals surface area contributed by atoms with Crippen LogP contribution >= 0.6 is 15.9 Å². The van der Waals surface area contributed by atoms with E-state index in [4.69, 9.17) is 14.8 Å². The van der Waals surface area contributed by atoms with Crippen LogP contribution in [0.25, 0.3) is 28.0 Å². The molecule has 5 aromatic rings. The first kappa shape index (κ1) is 25.8. The Hall–Kier alpha value is -3.87. The van der Waals surface area contributed by atoms with Crippen LogP contribution in [0.15, 0.2) is 74.8 Å². The molecule has 0 radical (unpaired) electrons. The summed E-state index contributed by atoms with van der Waals surface area (Å²) >= 11 is 3.49. The number of nitrogens with zero attached hydrogens (tertiary/aromatic N) is 4. The number of benzene rings is 1. The molecule has 5 rings (SSSR count). The van der Waals surface area contributed by atoms with Crippen LogP contribution in [0.5, 0.6) is 0 Å². The van der Waals surface area contributed by atoms with Gasteiger partial charge in [0.15, 0.2) is 0 Å². The molecule has 4 heterocycles. The molecule has 0 atom stereocenters. The zero-order valence-electron chi connectivity index (χ0n) is 20.5. The molecular formula is C26H23BrN6O4S. The first-order valence-corrected chi connectivity index (χ1v) is 14.0. The van der Waals surface area contributed by atoms with Gasteiger partial charge in [-0.25, -0.2) is 18.1 Å². The van der Waals surface area contributed by atoms with Crippen molar-refractivity contribution < 1.29 is 17.7 Å². The standard InChI is InChI=1S/C26H23BrN6O4S/c1-3-19-6-9-22-23(17-11-18(27)14-29-13-17)24(25(31-33(19)22)21-10-15(2)37-32-21)26(34)30-12-16-4-7-20(8-5-16)38(28,35)36/h4-11,13-14H,3,12H2,1-2H3,(H,30,34)(H2,28,35,36). The number of aryl methyl sites for hydroxylation is 2. The average molecular weight is 595 g/mol. The van der Waals surface area contributed by atoms with Crippen LogP contribution in [0.3, 0.4) is 0 Å². The largest absolute Gasteiger partial charge is 0.361 e. The Kier molecular flexibility index (Phi) is 6.86. The predicted octanol–water partition coefficient (Wildman–Crippen LogP) is 4.26. The van der Waals surface area contributed by atoms with Crippen LogP contribution in [-0.2, 0) is 23.0 Å². The van der Waals surface area contributed by atoms with Gasteiger partial charge in [-0.1, -0.05) is 24.2 Å². The van der Waals surface area contributed by atoms with E-state index >= 15 is 0 Å². The van der Waals surface area contributed by atoms with Crippen molar-refractivity contribution in [2.45, 2.75) is 31.7 Å². The first-order chi connectivity index (χ1) is 18.2. The highest BCUT2D eigenvalue weighted by molar-refractivity contribution is 9.10. The van der Waals surface area contributed by atoms with Gasteiger partial charge in [-0.15, -0.1) is 0 Å². The number of primary sulfonamides is 1. The van der Waals surface area contributed by atoms with E-state index in [1.807, 2.05) is 29.6 Å². The van der Waals surface area contributed by atoms with Crippen LogP contribution in [0.4, 0.5) is 0 Å². The van der Waals surface area contributed by atoms with Crippen molar-refractivity contribution in [1.82, 2.24) is 25.1 Å². The third-order valence-corrected chi connectivity index (χ3v) is 7.40. The number of hydrogen-bond donors (Lipinski definition) is 2. The molecule has 38 heavy (non-hydrogen) atoms. The lowest BCUT2D eigenvalue weighted by Crippen LogP contribution is -2.25. The van der Waals surface area contributed by atoms with Gasteiger partial charge in [-0.05, 0) is 65.2 Å². The normalized spacial score (nSPS) is 11.7. The molecule has 0 aliphatic heterocycles. The SMILES string of the molecule is CCc1ccc2c(-c3cncc(Br)c3)c(C(=O)NCc3ccc(S(N)(=O)=O)cc3)c(-c3cc(C)on3)nn12. The summed E-state index contributed by atoms with van der Waals surface area (Å²) in [4.78, 5) is 18.2. The number of pyridine rings is 1. The summed E-state index contributed by atoms with van der Waals surface area (Å²) in [7, 11) is -3.81. The van der Waals surface area contributed by atoms with Crippen molar-refractivity contribution in [3.8, 4) is 22.5 Å². The van der Waals surface area contributed by atoms with Gasteiger partial charge in [0.2, 0.25) is 10.0 Å². The summed E-state index contributed by atoms with van der Waals surface area (Å²) in [6.45, 7) is 3.95. The molecule has 1 aromatic carbocycles. The molecule has 0 spiro atoms. The van der Waals surface area contributed by atoms with Crippen molar-refractivity contribution in [3.05, 3.63) is 88.0 Å². The molecule has 12 heteroatoms. The molecular weight excluding hydrogens is 572 g/mol. The number of fused-ring (bicyclic) bond motifs is 1. The predicted molar refractivity (Wildman–Crippen MR) is 145 cm³/mol. The summed E-state index contributed by atoms with van der Waals surface area (Å²) < 4.78 is 31.0. The molecule has 0 fully saturated rings. The van der Waals surface area contributed by atoms with Crippen LogP contribution < -0.4 is 10.5 Å². The monoisotopic (exact) mass is 594 g/mol. The molecule has 1 amide bonds. The minimum atomic E-state index is -3.81. The molecule has 10 nitrogen and oxygen atoms in total. The van der Waals surface area contributed by atoms with E-state index in [2.05, 4.69) is 31.4 Å². The zero-order valence-corrected chi connectivity index (χ0v) is 22.9. The lowest BCUT2D eigenvalue weighted by molar-refractivity contribution is 0.0951. The number of hydrogen-bond acceptors (Lipinski definition) is 7. The number of halogens is 1. The van der Waals surface area contributed by atoms with Gasteiger partial charge in [0.05, 0.1) is 16.0 Å². The lowest BCUT2D eigenvalue weighted by Gasteiger charge is -2.16. The Labute approximate surface area is 227 Å². The van der Waals surface area contributed by atoms with Gasteiger partial charge in [0.1, 0.15) is 17.1 Å². The second-order valence-corrected chi connectivity index (χ2v) is 11.1. The van der Waals surface area contributed by atoms with E-state index in [1.54, 1.807) is 37.5 Å². The van der Waals surface area contributed by atoms with E-state index in [0.717, 1.165) is 27.7 Å². The fourth-order valence-corrected chi connectivity index (χ4v) is 5.11. The quantitative estimate of drug-likeness (QED) is 0.286. The Morgan fingerprint density at radius 2 is 1.89 bits per heavy atom. The highest BCUT2D eigenvalue weighted by Gasteiger charge is 2.26. The molecule has 0 saturated carbocycles. The molecule has 0 bridgehead atoms. The van der Waals surface area contributed by atoms with Gasteiger partial charge in [0, 0.05) is 46.3 Å². The smallest absolute Gasteiger partial charge is 0.254 e. The van der Waals surface area contributed by atoms with E-state index < -0.39 is 10.0 Å². The number of nitrogens with two attached hydrogens (primary N) is 1. The van der Waals surface area contributed by atoms with E-state index in [-0.39, 0.29) is 17.3 Å². The highest BCUT2D eigenvalue weighted by Crippen LogP contribution is 2.36. The molecule has 0 aliphatic rings. The molecule has 0 aliphatic carbocycles. The summed E-state index contributed by atoms with van der Waals surface area (Å²) in [5.74, 6) is 0.192. The number of aromatic nitrogens is 4. The maximum atomic E-state index is 13.9. The van der Waals surface area contributed by atoms with Gasteiger partial charge in [-0.3, -0.25) is 9.78 Å². The fourth-order valence-electron chi connectivity index (χ4n) is 4.23. The summed E-state index contributed by atoms with van der Waals surface area (Å²) in [5, 5.41) is 17.1. The van der Waals surface area contributed by atoms with Crippen molar-refractivity contribution >= 4 is 37.4 Å². The van der Waals surface area contributed by atoms with Crippen molar-refractivity contribution in [3.63, 3.8) is 0 Å². The van der Waals surface area contributed by atoms with Crippen LogP contribution in [0.1, 0.15) is 34.3 Å². The van der Waals surface area contributed by atoms with Crippen molar-refractivity contribution in [2.24, 2.45) is 5.14 Å². The van der Waals surface area contributed by atoms with E-state index in [1.165, 1.54) is 12.1 Å². The summed E-state index contributed by atoms with van der Waals surface area (Å²) in [6.07, 6.45) is 4.10. The summed E-state index contributed by atoms with van der Waals surface area (Å²) in [6, 6.07) is 13.5. The summed E-state index contributed by atoms with van der Waals surface area (Å²) in [5.41, 5.74) is 4.86. The maximum absolute atomic E-state index is 13.9. The fraction of sp³-hybridized carbons (Fsp3) is 0.154. The van der Waals surface area contributed by atoms with Gasteiger partial charge >= 0.3 is 0 Å². The molecule has 194 valence electrons. The van der Waals surface area contributed by atoms with Crippen LogP contribution in [0, 0.1) is 6.92 Å². The molecule has 4 aromatic heterocycles. The minimum Gasteiger partial charge on any atom is -0.361 e. The highest BCUT2D eigenvalue weighted by atomic mass is 79.9. The molecule has 3 N–H and O–H groups in total. The van der Waals surface area contributed by atoms with Crippen LogP contribution in [-0.4, -0.2) is 34.1 Å². The zero-order chi connectivity index (χ0) is 27.0. The van der Waals surface area contributed by atoms with Gasteiger partial charge in [-0.2, -0.15) is 5.10 Å². The molecule has 0 saturated heterocycles. The number of nitrogens with one attached hydrogen (secondary N) is 1. The Bertz CT molecular complexity index is 1780. The van der Waals surface area contributed by atoms with Crippen molar-refractivity contribution in [2.75, 3.05) is 0 Å². The Morgan fingerprint density at radius 3 is 2.53 bits per heavy atom. The van der Waals surface area contributed by atoms with Crippen LogP contribution in [0.2, 0.25) is 0 Å². The number of carbonyl (C=O) groups excluding carboxylic acids is 1. The number of sulfonamides is 1. The lowest BCUT2D eigenvalue weighted by atomic mass is 9.97. The number of rotatable bonds is 7. The third kappa shape index (κ3) is 4.97. The Morgan fingerprint density at radius 1 is 1.13 bits per heavy atom.